The number of aryl methyl sites for hydroxylation is 1. The summed E-state index contributed by atoms with van der Waals surface area (Å²) < 4.78 is 11.0. The van der Waals surface area contributed by atoms with Crippen LogP contribution in [0.3, 0.4) is 0 Å². The van der Waals surface area contributed by atoms with Gasteiger partial charge in [-0.15, -0.1) is 0 Å². The number of nitrogens with zero attached hydrogens (tertiary/aromatic N) is 1. The lowest BCUT2D eigenvalue weighted by atomic mass is 9.98. The zero-order valence-electron chi connectivity index (χ0n) is 12.4. The van der Waals surface area contributed by atoms with Crippen molar-refractivity contribution >= 4 is 0 Å². The third-order valence-electron chi connectivity index (χ3n) is 3.82. The van der Waals surface area contributed by atoms with Gasteiger partial charge in [-0.2, -0.15) is 0 Å². The van der Waals surface area contributed by atoms with E-state index in [0.29, 0.717) is 5.92 Å². The van der Waals surface area contributed by atoms with Crippen LogP contribution < -0.4 is 5.32 Å². The summed E-state index contributed by atoms with van der Waals surface area (Å²) in [5.74, 6) is 2.77. The predicted octanol–water partition coefficient (Wildman–Crippen LogP) is 2.17. The Labute approximate surface area is 116 Å². The van der Waals surface area contributed by atoms with Crippen molar-refractivity contribution in [2.75, 3.05) is 33.9 Å². The number of ether oxygens (including phenoxy) is 1. The van der Waals surface area contributed by atoms with E-state index in [1.165, 1.54) is 24.9 Å². The molecule has 1 aliphatic heterocycles. The molecule has 1 saturated heterocycles. The molecule has 2 rings (SSSR count). The Hall–Kier alpha value is -0.840. The predicted molar refractivity (Wildman–Crippen MR) is 76.1 cm³/mol. The third kappa shape index (κ3) is 4.06. The molecule has 4 nitrogen and oxygen atoms in total. The lowest BCUT2D eigenvalue weighted by molar-refractivity contribution is 0.0872. The third-order valence-corrected chi connectivity index (χ3v) is 3.82. The summed E-state index contributed by atoms with van der Waals surface area (Å²) >= 11 is 0. The smallest absolute Gasteiger partial charge is 0.118 e. The molecule has 0 amide bonds. The maximum Gasteiger partial charge on any atom is 0.118 e. The van der Waals surface area contributed by atoms with Crippen LogP contribution in [0, 0.1) is 12.8 Å². The lowest BCUT2D eigenvalue weighted by Gasteiger charge is -2.32. The van der Waals surface area contributed by atoms with E-state index in [9.17, 15) is 0 Å². The monoisotopic (exact) mass is 266 g/mol. The molecular weight excluding hydrogens is 240 g/mol. The van der Waals surface area contributed by atoms with E-state index < -0.39 is 0 Å². The van der Waals surface area contributed by atoms with Gasteiger partial charge in [-0.25, -0.2) is 0 Å². The molecule has 2 heterocycles. The minimum Gasteiger partial charge on any atom is -0.465 e. The van der Waals surface area contributed by atoms with Gasteiger partial charge in [-0.3, -0.25) is 4.90 Å². The van der Waals surface area contributed by atoms with Crippen molar-refractivity contribution in [1.82, 2.24) is 10.2 Å². The van der Waals surface area contributed by atoms with E-state index in [0.717, 1.165) is 37.8 Å². The highest BCUT2D eigenvalue weighted by atomic mass is 16.5. The Morgan fingerprint density at radius 1 is 1.53 bits per heavy atom. The van der Waals surface area contributed by atoms with Crippen LogP contribution >= 0.6 is 0 Å². The van der Waals surface area contributed by atoms with Gasteiger partial charge in [-0.1, -0.05) is 0 Å². The van der Waals surface area contributed by atoms with Gasteiger partial charge in [0.2, 0.25) is 0 Å². The molecule has 19 heavy (non-hydrogen) atoms. The zero-order valence-corrected chi connectivity index (χ0v) is 12.4. The van der Waals surface area contributed by atoms with Crippen LogP contribution in [0.5, 0.6) is 0 Å². The fourth-order valence-corrected chi connectivity index (χ4v) is 2.91. The molecule has 1 N–H and O–H groups in total. The molecule has 1 unspecified atom stereocenters. The fourth-order valence-electron chi connectivity index (χ4n) is 2.91. The van der Waals surface area contributed by atoms with E-state index in [1.807, 2.05) is 7.05 Å². The largest absolute Gasteiger partial charge is 0.465 e. The van der Waals surface area contributed by atoms with E-state index in [-0.39, 0.29) is 0 Å². The van der Waals surface area contributed by atoms with Gasteiger partial charge in [0.15, 0.2) is 0 Å². The summed E-state index contributed by atoms with van der Waals surface area (Å²) in [5.41, 5.74) is 1.32. The average Bonchev–Trinajstić information content (AvgIpc) is 2.71. The normalized spacial score (nSPS) is 20.9. The topological polar surface area (TPSA) is 37.6 Å². The number of piperidine rings is 1. The molecule has 1 aromatic heterocycles. The van der Waals surface area contributed by atoms with Crippen LogP contribution in [0.1, 0.15) is 29.9 Å². The van der Waals surface area contributed by atoms with Crippen molar-refractivity contribution in [3.05, 3.63) is 23.2 Å². The van der Waals surface area contributed by atoms with Crippen molar-refractivity contribution < 1.29 is 9.15 Å². The second-order valence-corrected chi connectivity index (χ2v) is 5.52. The molecule has 1 fully saturated rings. The SMILES string of the molecule is CNCc1cc(CN2CCCC(COC)C2)c(C)o1. The Morgan fingerprint density at radius 3 is 3.11 bits per heavy atom. The molecule has 1 atom stereocenters. The summed E-state index contributed by atoms with van der Waals surface area (Å²) in [7, 11) is 3.74. The van der Waals surface area contributed by atoms with E-state index in [1.54, 1.807) is 7.11 Å². The summed E-state index contributed by atoms with van der Waals surface area (Å²) in [6, 6.07) is 2.19. The summed E-state index contributed by atoms with van der Waals surface area (Å²) in [5, 5.41) is 3.13. The standard InChI is InChI=1S/C15H26N2O2/c1-12-14(7-15(19-12)8-16-2)10-17-6-4-5-13(9-17)11-18-3/h7,13,16H,4-6,8-11H2,1-3H3. The van der Waals surface area contributed by atoms with E-state index >= 15 is 0 Å². The Morgan fingerprint density at radius 2 is 2.37 bits per heavy atom. The molecular formula is C15H26N2O2. The molecule has 1 aromatic rings. The van der Waals surface area contributed by atoms with Crippen molar-refractivity contribution in [3.8, 4) is 0 Å². The maximum absolute atomic E-state index is 5.76. The molecule has 0 radical (unpaired) electrons. The van der Waals surface area contributed by atoms with Gasteiger partial charge in [0.1, 0.15) is 11.5 Å². The molecule has 0 spiro atoms. The van der Waals surface area contributed by atoms with Crippen LogP contribution in [0.2, 0.25) is 0 Å². The van der Waals surface area contributed by atoms with Crippen molar-refractivity contribution in [2.45, 2.75) is 32.9 Å². The van der Waals surface area contributed by atoms with Gasteiger partial charge in [0, 0.05) is 25.8 Å². The highest BCUT2D eigenvalue weighted by molar-refractivity contribution is 5.20. The molecule has 0 aliphatic carbocycles. The Balaban J connectivity index is 1.92. The van der Waals surface area contributed by atoms with E-state index in [2.05, 4.69) is 23.2 Å². The average molecular weight is 266 g/mol. The number of methoxy groups -OCH3 is 1. The number of hydrogen-bond donors (Lipinski definition) is 1. The minimum absolute atomic E-state index is 0.683. The Kier molecular flexibility index (Phi) is 5.43. The fraction of sp³-hybridized carbons (Fsp3) is 0.733. The van der Waals surface area contributed by atoms with Gasteiger partial charge in [0.05, 0.1) is 13.2 Å². The zero-order chi connectivity index (χ0) is 13.7. The van der Waals surface area contributed by atoms with Crippen LogP contribution in [0.25, 0.3) is 0 Å². The minimum atomic E-state index is 0.683. The summed E-state index contributed by atoms with van der Waals surface area (Å²) in [4.78, 5) is 2.52. The van der Waals surface area contributed by atoms with E-state index in [4.69, 9.17) is 9.15 Å². The quantitative estimate of drug-likeness (QED) is 0.856. The van der Waals surface area contributed by atoms with Gasteiger partial charge in [-0.05, 0) is 45.3 Å². The van der Waals surface area contributed by atoms with Crippen molar-refractivity contribution in [1.29, 1.82) is 0 Å². The summed E-state index contributed by atoms with van der Waals surface area (Å²) in [6.45, 7) is 7.06. The molecule has 0 aromatic carbocycles. The Bertz CT molecular complexity index is 387. The second kappa shape index (κ2) is 7.08. The molecule has 108 valence electrons. The lowest BCUT2D eigenvalue weighted by Crippen LogP contribution is -2.36. The molecule has 4 heteroatoms. The second-order valence-electron chi connectivity index (χ2n) is 5.52. The first-order valence-electron chi connectivity index (χ1n) is 7.17. The molecule has 0 saturated carbocycles. The van der Waals surface area contributed by atoms with Crippen molar-refractivity contribution in [2.24, 2.45) is 5.92 Å². The van der Waals surface area contributed by atoms with Crippen molar-refractivity contribution in [3.63, 3.8) is 0 Å². The summed E-state index contributed by atoms with van der Waals surface area (Å²) in [6.07, 6.45) is 2.56. The number of furan rings is 1. The number of nitrogens with one attached hydrogen (secondary N) is 1. The first kappa shape index (κ1) is 14.6. The van der Waals surface area contributed by atoms with Gasteiger partial charge < -0.3 is 14.5 Å². The van der Waals surface area contributed by atoms with Gasteiger partial charge in [0.25, 0.3) is 0 Å². The number of rotatable bonds is 6. The highest BCUT2D eigenvalue weighted by Gasteiger charge is 2.21. The maximum atomic E-state index is 5.76. The van der Waals surface area contributed by atoms with Crippen LogP contribution in [0.15, 0.2) is 10.5 Å². The van der Waals surface area contributed by atoms with Crippen LogP contribution in [-0.2, 0) is 17.8 Å². The first-order valence-corrected chi connectivity index (χ1v) is 7.17. The number of hydrogen-bond acceptors (Lipinski definition) is 4. The van der Waals surface area contributed by atoms with Gasteiger partial charge >= 0.3 is 0 Å². The molecule has 0 bridgehead atoms. The first-order chi connectivity index (χ1) is 9.22. The van der Waals surface area contributed by atoms with Crippen LogP contribution in [0.4, 0.5) is 0 Å². The molecule has 1 aliphatic rings. The number of likely N-dealkylation sites (tertiary alicyclic amines) is 1. The van der Waals surface area contributed by atoms with Crippen LogP contribution in [-0.4, -0.2) is 38.8 Å². The highest BCUT2D eigenvalue weighted by Crippen LogP contribution is 2.22.